The first kappa shape index (κ1) is 16.3. The van der Waals surface area contributed by atoms with E-state index >= 15 is 0 Å². The zero-order valence-electron chi connectivity index (χ0n) is 10.0. The number of hydrogen-bond acceptors (Lipinski definition) is 3. The molecule has 1 aromatic carbocycles. The van der Waals surface area contributed by atoms with Crippen molar-refractivity contribution in [2.45, 2.75) is 23.8 Å². The van der Waals surface area contributed by atoms with E-state index in [1.165, 1.54) is 0 Å². The normalized spacial score (nSPS) is 19.8. The summed E-state index contributed by atoms with van der Waals surface area (Å²) in [5.74, 6) is -1.88. The smallest absolute Gasteiger partial charge is 0.243 e. The van der Waals surface area contributed by atoms with Crippen LogP contribution in [0.4, 0.5) is 8.78 Å². The van der Waals surface area contributed by atoms with Gasteiger partial charge in [0.15, 0.2) is 0 Å². The van der Waals surface area contributed by atoms with Gasteiger partial charge in [-0.3, -0.25) is 0 Å². The average Bonchev–Trinajstić information content (AvgIpc) is 2.29. The fourth-order valence-corrected chi connectivity index (χ4v) is 3.26. The van der Waals surface area contributed by atoms with Crippen molar-refractivity contribution in [1.29, 1.82) is 0 Å². The monoisotopic (exact) mass is 312 g/mol. The van der Waals surface area contributed by atoms with E-state index in [4.69, 9.17) is 0 Å². The first-order valence-corrected chi connectivity index (χ1v) is 7.15. The molecule has 0 aliphatic carbocycles. The van der Waals surface area contributed by atoms with E-state index in [1.54, 1.807) is 0 Å². The summed E-state index contributed by atoms with van der Waals surface area (Å²) in [6, 6.07) is 2.17. The lowest BCUT2D eigenvalue weighted by atomic mass is 10.1. The summed E-state index contributed by atoms with van der Waals surface area (Å²) in [5.41, 5.74) is 0. The molecule has 2 rings (SSSR count). The SMILES string of the molecule is Cl.O=S(=O)(N[C@@H]1CCCNC1)c1ccc(F)cc1F. The number of sulfonamides is 1. The van der Waals surface area contributed by atoms with Crippen LogP contribution >= 0.6 is 12.4 Å². The number of rotatable bonds is 3. The predicted molar refractivity (Wildman–Crippen MR) is 69.8 cm³/mol. The Labute approximate surface area is 117 Å². The van der Waals surface area contributed by atoms with Crippen LogP contribution in [0.15, 0.2) is 23.1 Å². The third-order valence-corrected chi connectivity index (χ3v) is 4.36. The van der Waals surface area contributed by atoms with Crippen molar-refractivity contribution in [3.8, 4) is 0 Å². The van der Waals surface area contributed by atoms with Gasteiger partial charge in [0.2, 0.25) is 10.0 Å². The molecule has 1 fully saturated rings. The molecule has 1 heterocycles. The number of hydrogen-bond donors (Lipinski definition) is 2. The van der Waals surface area contributed by atoms with E-state index in [0.29, 0.717) is 19.0 Å². The molecule has 1 atom stereocenters. The third kappa shape index (κ3) is 4.10. The third-order valence-electron chi connectivity index (χ3n) is 2.80. The van der Waals surface area contributed by atoms with Gasteiger partial charge in [-0.15, -0.1) is 12.4 Å². The quantitative estimate of drug-likeness (QED) is 0.887. The van der Waals surface area contributed by atoms with Gasteiger partial charge in [-0.25, -0.2) is 21.9 Å². The van der Waals surface area contributed by atoms with Gasteiger partial charge in [0.05, 0.1) is 0 Å². The maximum Gasteiger partial charge on any atom is 0.243 e. The second-order valence-electron chi connectivity index (χ2n) is 4.24. The highest BCUT2D eigenvalue weighted by molar-refractivity contribution is 7.89. The van der Waals surface area contributed by atoms with E-state index < -0.39 is 26.6 Å². The highest BCUT2D eigenvalue weighted by atomic mass is 35.5. The van der Waals surface area contributed by atoms with Crippen molar-refractivity contribution in [2.75, 3.05) is 13.1 Å². The molecule has 0 radical (unpaired) electrons. The summed E-state index contributed by atoms with van der Waals surface area (Å²) in [4.78, 5) is -0.519. The average molecular weight is 313 g/mol. The van der Waals surface area contributed by atoms with Crippen molar-refractivity contribution in [3.63, 3.8) is 0 Å². The number of halogens is 3. The summed E-state index contributed by atoms with van der Waals surface area (Å²) in [5, 5.41) is 3.05. The number of benzene rings is 1. The molecule has 4 nitrogen and oxygen atoms in total. The van der Waals surface area contributed by atoms with E-state index in [1.807, 2.05) is 0 Å². The van der Waals surface area contributed by atoms with Gasteiger partial charge < -0.3 is 5.32 Å². The molecular weight excluding hydrogens is 298 g/mol. The molecule has 0 bridgehead atoms. The summed E-state index contributed by atoms with van der Waals surface area (Å²) < 4.78 is 52.4. The van der Waals surface area contributed by atoms with Crippen molar-refractivity contribution < 1.29 is 17.2 Å². The molecule has 1 aromatic rings. The lowest BCUT2D eigenvalue weighted by molar-refractivity contribution is 0.427. The fraction of sp³-hybridized carbons (Fsp3) is 0.455. The van der Waals surface area contributed by atoms with Gasteiger partial charge in [-0.1, -0.05) is 0 Å². The zero-order chi connectivity index (χ0) is 13.2. The van der Waals surface area contributed by atoms with Crippen LogP contribution in [-0.2, 0) is 10.0 Å². The van der Waals surface area contributed by atoms with Gasteiger partial charge >= 0.3 is 0 Å². The molecule has 108 valence electrons. The van der Waals surface area contributed by atoms with Gasteiger partial charge in [0.25, 0.3) is 0 Å². The summed E-state index contributed by atoms with van der Waals surface area (Å²) in [6.45, 7) is 1.37. The highest BCUT2D eigenvalue weighted by Crippen LogP contribution is 2.16. The van der Waals surface area contributed by atoms with Crippen LogP contribution < -0.4 is 10.0 Å². The Morgan fingerprint density at radius 3 is 2.63 bits per heavy atom. The zero-order valence-corrected chi connectivity index (χ0v) is 11.7. The molecule has 19 heavy (non-hydrogen) atoms. The van der Waals surface area contributed by atoms with Crippen LogP contribution in [0.5, 0.6) is 0 Å². The topological polar surface area (TPSA) is 58.2 Å². The van der Waals surface area contributed by atoms with Gasteiger partial charge in [0.1, 0.15) is 16.5 Å². The van der Waals surface area contributed by atoms with Crippen molar-refractivity contribution in [2.24, 2.45) is 0 Å². The lowest BCUT2D eigenvalue weighted by Crippen LogP contribution is -2.45. The Balaban J connectivity index is 0.00000180. The second kappa shape index (κ2) is 6.60. The van der Waals surface area contributed by atoms with E-state index in [0.717, 1.165) is 25.1 Å². The second-order valence-corrected chi connectivity index (χ2v) is 5.92. The predicted octanol–water partition coefficient (Wildman–Crippen LogP) is 1.42. The maximum atomic E-state index is 13.4. The largest absolute Gasteiger partial charge is 0.315 e. The van der Waals surface area contributed by atoms with Crippen LogP contribution in [0.3, 0.4) is 0 Å². The minimum Gasteiger partial charge on any atom is -0.315 e. The van der Waals surface area contributed by atoms with Crippen LogP contribution in [0.25, 0.3) is 0 Å². The molecule has 1 aliphatic rings. The Bertz CT molecular complexity index is 533. The molecule has 8 heteroatoms. The fourth-order valence-electron chi connectivity index (χ4n) is 1.93. The molecule has 2 N–H and O–H groups in total. The van der Waals surface area contributed by atoms with Crippen LogP contribution in [-0.4, -0.2) is 27.5 Å². The first-order chi connectivity index (χ1) is 8.49. The number of piperidine rings is 1. The minimum absolute atomic E-state index is 0. The maximum absolute atomic E-state index is 13.4. The van der Waals surface area contributed by atoms with Crippen molar-refractivity contribution in [1.82, 2.24) is 10.0 Å². The Kier molecular flexibility index (Phi) is 5.66. The summed E-state index contributed by atoms with van der Waals surface area (Å²) in [7, 11) is -3.94. The van der Waals surface area contributed by atoms with Crippen molar-refractivity contribution >= 4 is 22.4 Å². The van der Waals surface area contributed by atoms with Crippen LogP contribution in [0, 0.1) is 11.6 Å². The number of nitrogens with one attached hydrogen (secondary N) is 2. The summed E-state index contributed by atoms with van der Waals surface area (Å²) >= 11 is 0. The molecule has 0 spiro atoms. The standard InChI is InChI=1S/C11H14F2N2O2S.ClH/c12-8-3-4-11(10(13)6-8)18(16,17)15-9-2-1-5-14-7-9;/h3-4,6,9,14-15H,1-2,5,7H2;1H/t9-;/m1./s1. The van der Waals surface area contributed by atoms with Gasteiger partial charge in [-0.05, 0) is 31.5 Å². The molecule has 0 unspecified atom stereocenters. The van der Waals surface area contributed by atoms with Crippen LogP contribution in [0.1, 0.15) is 12.8 Å². The van der Waals surface area contributed by atoms with Gasteiger partial charge in [0, 0.05) is 18.7 Å². The first-order valence-electron chi connectivity index (χ1n) is 5.67. The molecule has 0 amide bonds. The molecular formula is C11H15ClF2N2O2S. The van der Waals surface area contributed by atoms with Gasteiger partial charge in [-0.2, -0.15) is 0 Å². The molecule has 0 saturated carbocycles. The Morgan fingerprint density at radius 2 is 2.05 bits per heavy atom. The highest BCUT2D eigenvalue weighted by Gasteiger charge is 2.24. The Morgan fingerprint density at radius 1 is 1.32 bits per heavy atom. The van der Waals surface area contributed by atoms with E-state index in [9.17, 15) is 17.2 Å². The Hall–Kier alpha value is -0.760. The van der Waals surface area contributed by atoms with E-state index in [-0.39, 0.29) is 18.4 Å². The minimum atomic E-state index is -3.94. The van der Waals surface area contributed by atoms with Crippen LogP contribution in [0.2, 0.25) is 0 Å². The summed E-state index contributed by atoms with van der Waals surface area (Å²) in [6.07, 6.45) is 1.56. The molecule has 0 aromatic heterocycles. The molecule has 1 saturated heterocycles. The lowest BCUT2D eigenvalue weighted by Gasteiger charge is -2.23. The molecule has 1 aliphatic heterocycles. The van der Waals surface area contributed by atoms with E-state index in [2.05, 4.69) is 10.0 Å². The van der Waals surface area contributed by atoms with Crippen molar-refractivity contribution in [3.05, 3.63) is 29.8 Å².